The molecule has 1 aromatic carbocycles. The summed E-state index contributed by atoms with van der Waals surface area (Å²) >= 11 is 0. The molecule has 3 N–H and O–H groups in total. The molecule has 0 amide bonds. The van der Waals surface area contributed by atoms with Gasteiger partial charge in [0.15, 0.2) is 0 Å². The Kier molecular flexibility index (Phi) is 4.98. The van der Waals surface area contributed by atoms with Gasteiger partial charge in [0.2, 0.25) is 0 Å². The Labute approximate surface area is 92.3 Å². The van der Waals surface area contributed by atoms with Crippen molar-refractivity contribution < 1.29 is 0 Å². The number of nitrogens with zero attached hydrogens (tertiary/aromatic N) is 1. The summed E-state index contributed by atoms with van der Waals surface area (Å²) in [6, 6.07) is 7.87. The minimum Gasteiger partial charge on any atom is -0.399 e. The van der Waals surface area contributed by atoms with Crippen molar-refractivity contribution in [1.29, 1.82) is 0 Å². The molecule has 0 spiro atoms. The highest BCUT2D eigenvalue weighted by atomic mass is 15.1. The summed E-state index contributed by atoms with van der Waals surface area (Å²) in [5.41, 5.74) is 7.60. The molecule has 84 valence electrons. The summed E-state index contributed by atoms with van der Waals surface area (Å²) in [5, 5.41) is 3.36. The van der Waals surface area contributed by atoms with E-state index in [1.807, 2.05) is 24.3 Å². The van der Waals surface area contributed by atoms with Crippen molar-refractivity contribution in [3.63, 3.8) is 0 Å². The zero-order valence-corrected chi connectivity index (χ0v) is 9.66. The number of likely N-dealkylation sites (N-methyl/N-ethyl adjacent to an activating group) is 1. The Bertz CT molecular complexity index is 282. The van der Waals surface area contributed by atoms with E-state index >= 15 is 0 Å². The first-order chi connectivity index (χ1) is 7.26. The lowest BCUT2D eigenvalue weighted by molar-refractivity contribution is 0.316. The highest BCUT2D eigenvalue weighted by molar-refractivity contribution is 5.53. The summed E-state index contributed by atoms with van der Waals surface area (Å²) in [7, 11) is 0. The molecule has 3 nitrogen and oxygen atoms in total. The minimum absolute atomic E-state index is 0.808. The molecule has 0 bridgehead atoms. The second-order valence-corrected chi connectivity index (χ2v) is 3.58. The molecule has 0 aromatic heterocycles. The Hall–Kier alpha value is -1.22. The predicted octanol–water partition coefficient (Wildman–Crippen LogP) is 2.02. The molecule has 0 atom stereocenters. The summed E-state index contributed by atoms with van der Waals surface area (Å²) in [4.78, 5) is 2.39. The monoisotopic (exact) mass is 207 g/mol. The molecular formula is C12H21N3. The fourth-order valence-electron chi connectivity index (χ4n) is 1.55. The van der Waals surface area contributed by atoms with E-state index in [1.165, 1.54) is 0 Å². The number of benzene rings is 1. The van der Waals surface area contributed by atoms with E-state index in [-0.39, 0.29) is 0 Å². The fourth-order valence-corrected chi connectivity index (χ4v) is 1.55. The van der Waals surface area contributed by atoms with Crippen LogP contribution >= 0.6 is 0 Å². The summed E-state index contributed by atoms with van der Waals surface area (Å²) in [5.74, 6) is 0. The van der Waals surface area contributed by atoms with Crippen LogP contribution in [0.25, 0.3) is 0 Å². The topological polar surface area (TPSA) is 41.3 Å². The number of hydrogen-bond donors (Lipinski definition) is 2. The third-order valence-electron chi connectivity index (χ3n) is 2.54. The maximum Gasteiger partial charge on any atom is 0.0361 e. The maximum atomic E-state index is 5.69. The molecule has 0 aliphatic rings. The third kappa shape index (κ3) is 4.21. The normalized spacial score (nSPS) is 10.6. The van der Waals surface area contributed by atoms with Crippen molar-refractivity contribution in [2.45, 2.75) is 13.8 Å². The molecular weight excluding hydrogens is 186 g/mol. The molecule has 0 fully saturated rings. The van der Waals surface area contributed by atoms with Gasteiger partial charge in [0.25, 0.3) is 0 Å². The Balaban J connectivity index is 2.31. The number of nitrogens with two attached hydrogens (primary N) is 1. The van der Waals surface area contributed by atoms with Gasteiger partial charge in [-0.2, -0.15) is 0 Å². The van der Waals surface area contributed by atoms with Crippen LogP contribution in [0.1, 0.15) is 13.8 Å². The smallest absolute Gasteiger partial charge is 0.0361 e. The van der Waals surface area contributed by atoms with E-state index in [0.29, 0.717) is 0 Å². The van der Waals surface area contributed by atoms with Gasteiger partial charge in [-0.1, -0.05) is 19.9 Å². The average molecular weight is 207 g/mol. The zero-order chi connectivity index (χ0) is 11.1. The van der Waals surface area contributed by atoms with Gasteiger partial charge in [0.1, 0.15) is 0 Å². The van der Waals surface area contributed by atoms with Crippen LogP contribution in [-0.4, -0.2) is 31.1 Å². The van der Waals surface area contributed by atoms with Crippen molar-refractivity contribution in [3.8, 4) is 0 Å². The summed E-state index contributed by atoms with van der Waals surface area (Å²) in [6.45, 7) is 8.62. The van der Waals surface area contributed by atoms with Crippen LogP contribution in [0, 0.1) is 0 Å². The number of anilines is 2. The van der Waals surface area contributed by atoms with Crippen molar-refractivity contribution >= 4 is 11.4 Å². The van der Waals surface area contributed by atoms with Gasteiger partial charge in [-0.15, -0.1) is 0 Å². The second-order valence-electron chi connectivity index (χ2n) is 3.58. The Morgan fingerprint density at radius 1 is 1.27 bits per heavy atom. The molecule has 0 aliphatic carbocycles. The number of nitrogens with one attached hydrogen (secondary N) is 1. The van der Waals surface area contributed by atoms with Crippen LogP contribution in [0.15, 0.2) is 24.3 Å². The van der Waals surface area contributed by atoms with Gasteiger partial charge >= 0.3 is 0 Å². The van der Waals surface area contributed by atoms with Gasteiger partial charge < -0.3 is 16.0 Å². The lowest BCUT2D eigenvalue weighted by Gasteiger charge is -2.18. The molecule has 0 unspecified atom stereocenters. The molecule has 15 heavy (non-hydrogen) atoms. The predicted molar refractivity (Wildman–Crippen MR) is 67.1 cm³/mol. The number of rotatable bonds is 6. The summed E-state index contributed by atoms with van der Waals surface area (Å²) < 4.78 is 0. The first kappa shape index (κ1) is 11.9. The van der Waals surface area contributed by atoms with Crippen LogP contribution in [0.3, 0.4) is 0 Å². The molecule has 3 heteroatoms. The van der Waals surface area contributed by atoms with E-state index in [0.717, 1.165) is 37.6 Å². The quantitative estimate of drug-likeness (QED) is 0.701. The number of nitrogen functional groups attached to an aromatic ring is 1. The first-order valence-corrected chi connectivity index (χ1v) is 5.58. The largest absolute Gasteiger partial charge is 0.399 e. The second kappa shape index (κ2) is 6.30. The van der Waals surface area contributed by atoms with Gasteiger partial charge in [-0.3, -0.25) is 0 Å². The number of hydrogen-bond acceptors (Lipinski definition) is 3. The third-order valence-corrected chi connectivity index (χ3v) is 2.54. The highest BCUT2D eigenvalue weighted by Gasteiger charge is 1.98. The van der Waals surface area contributed by atoms with E-state index in [9.17, 15) is 0 Å². The molecule has 0 saturated carbocycles. The maximum absolute atomic E-state index is 5.69. The molecule has 0 heterocycles. The van der Waals surface area contributed by atoms with Crippen LogP contribution < -0.4 is 11.1 Å². The van der Waals surface area contributed by atoms with Crippen LogP contribution in [0.2, 0.25) is 0 Å². The van der Waals surface area contributed by atoms with E-state index in [2.05, 4.69) is 24.1 Å². The van der Waals surface area contributed by atoms with Gasteiger partial charge in [0, 0.05) is 24.5 Å². The highest BCUT2D eigenvalue weighted by Crippen LogP contribution is 2.10. The van der Waals surface area contributed by atoms with Crippen molar-refractivity contribution in [3.05, 3.63) is 24.3 Å². The first-order valence-electron chi connectivity index (χ1n) is 5.58. The molecule has 1 rings (SSSR count). The van der Waals surface area contributed by atoms with Crippen molar-refractivity contribution in [2.75, 3.05) is 37.2 Å². The van der Waals surface area contributed by atoms with E-state index in [1.54, 1.807) is 0 Å². The standard InChI is InChI=1S/C12H21N3/c1-3-15(4-2)9-8-14-12-7-5-6-11(13)10-12/h5-7,10,14H,3-4,8-9,13H2,1-2H3. The average Bonchev–Trinajstić information content (AvgIpc) is 2.25. The van der Waals surface area contributed by atoms with Gasteiger partial charge in [-0.25, -0.2) is 0 Å². The minimum atomic E-state index is 0.808. The molecule has 0 saturated heterocycles. The SMILES string of the molecule is CCN(CC)CCNc1cccc(N)c1. The Morgan fingerprint density at radius 3 is 2.60 bits per heavy atom. The molecule has 1 aromatic rings. The Morgan fingerprint density at radius 2 is 2.00 bits per heavy atom. The van der Waals surface area contributed by atoms with E-state index < -0.39 is 0 Å². The van der Waals surface area contributed by atoms with Crippen molar-refractivity contribution in [1.82, 2.24) is 4.90 Å². The molecule has 0 aliphatic heterocycles. The van der Waals surface area contributed by atoms with Gasteiger partial charge in [-0.05, 0) is 31.3 Å². The summed E-state index contributed by atoms with van der Waals surface area (Å²) in [6.07, 6.45) is 0. The van der Waals surface area contributed by atoms with Crippen molar-refractivity contribution in [2.24, 2.45) is 0 Å². The zero-order valence-electron chi connectivity index (χ0n) is 9.66. The van der Waals surface area contributed by atoms with Crippen LogP contribution in [0.4, 0.5) is 11.4 Å². The van der Waals surface area contributed by atoms with Crippen LogP contribution in [0.5, 0.6) is 0 Å². The van der Waals surface area contributed by atoms with Crippen LogP contribution in [-0.2, 0) is 0 Å². The fraction of sp³-hybridized carbons (Fsp3) is 0.500. The van der Waals surface area contributed by atoms with Gasteiger partial charge in [0.05, 0.1) is 0 Å². The lowest BCUT2D eigenvalue weighted by Crippen LogP contribution is -2.28. The lowest BCUT2D eigenvalue weighted by atomic mass is 10.3. The van der Waals surface area contributed by atoms with E-state index in [4.69, 9.17) is 5.73 Å². The molecule has 0 radical (unpaired) electrons.